The molecule has 0 aromatic carbocycles. The minimum Gasteiger partial charge on any atom is -0.394 e. The smallest absolute Gasteiger partial charge is 0.0704 e. The molecule has 7 nitrogen and oxygen atoms in total. The second kappa shape index (κ2) is 18.1. The zero-order valence-electron chi connectivity index (χ0n) is 22.1. The maximum absolute atomic E-state index is 8.57. The molecule has 33 heavy (non-hydrogen) atoms. The van der Waals surface area contributed by atoms with Crippen LogP contribution < -0.4 is 0 Å². The van der Waals surface area contributed by atoms with E-state index in [2.05, 4.69) is 34.6 Å². The van der Waals surface area contributed by atoms with Gasteiger partial charge in [0.05, 0.1) is 85.4 Å². The van der Waals surface area contributed by atoms with Gasteiger partial charge in [0.2, 0.25) is 0 Å². The summed E-state index contributed by atoms with van der Waals surface area (Å²) in [6.45, 7) is 17.9. The first-order valence-electron chi connectivity index (χ1n) is 12.9. The maximum Gasteiger partial charge on any atom is 0.0704 e. The highest BCUT2D eigenvalue weighted by molar-refractivity contribution is 4.86. The summed E-state index contributed by atoms with van der Waals surface area (Å²) in [6.07, 6.45) is 6.55. The number of hydrogen-bond donors (Lipinski definition) is 1. The average Bonchev–Trinajstić information content (AvgIpc) is 2.74. The van der Waals surface area contributed by atoms with Crippen LogP contribution in [0, 0.1) is 16.7 Å². The standard InChI is InChI=1S/C26H52O7/c1-25(2,3)22-26(4,5)23-6-8-24(9-7-23)33-21-20-32-19-18-31-17-16-30-15-14-29-13-12-28-11-10-27/h23-24,27H,6-22H2,1-5H3. The van der Waals surface area contributed by atoms with Crippen LogP contribution in [0.2, 0.25) is 0 Å². The van der Waals surface area contributed by atoms with E-state index in [1.165, 1.54) is 32.1 Å². The molecular weight excluding hydrogens is 424 g/mol. The molecule has 0 atom stereocenters. The van der Waals surface area contributed by atoms with Gasteiger partial charge in [-0.2, -0.15) is 0 Å². The Morgan fingerprint density at radius 1 is 0.576 bits per heavy atom. The highest BCUT2D eigenvalue weighted by Crippen LogP contribution is 2.45. The molecule has 7 heteroatoms. The molecular formula is C26H52O7. The lowest BCUT2D eigenvalue weighted by Gasteiger charge is -2.42. The van der Waals surface area contributed by atoms with Crippen molar-refractivity contribution in [1.82, 2.24) is 0 Å². The summed E-state index contributed by atoms with van der Waals surface area (Å²) in [4.78, 5) is 0. The summed E-state index contributed by atoms with van der Waals surface area (Å²) in [7, 11) is 0. The van der Waals surface area contributed by atoms with Crippen molar-refractivity contribution in [2.75, 3.05) is 79.3 Å². The SMILES string of the molecule is CC(C)(C)CC(C)(C)C1CCC(OCCOCCOCCOCCOCCOCCO)CC1. The van der Waals surface area contributed by atoms with Crippen LogP contribution in [0.15, 0.2) is 0 Å². The molecule has 0 aromatic heterocycles. The Morgan fingerprint density at radius 3 is 1.36 bits per heavy atom. The van der Waals surface area contributed by atoms with Crippen LogP contribution in [0.25, 0.3) is 0 Å². The number of aliphatic hydroxyl groups is 1. The summed E-state index contributed by atoms with van der Waals surface area (Å²) in [6, 6.07) is 0. The molecule has 1 aliphatic carbocycles. The maximum atomic E-state index is 8.57. The van der Waals surface area contributed by atoms with Gasteiger partial charge < -0.3 is 33.5 Å². The van der Waals surface area contributed by atoms with Gasteiger partial charge in [-0.05, 0) is 48.9 Å². The second-order valence-electron chi connectivity index (χ2n) is 10.9. The van der Waals surface area contributed by atoms with Crippen molar-refractivity contribution in [2.45, 2.75) is 72.8 Å². The third kappa shape index (κ3) is 16.9. The summed E-state index contributed by atoms with van der Waals surface area (Å²) in [5, 5.41) is 8.57. The van der Waals surface area contributed by atoms with Crippen LogP contribution in [0.5, 0.6) is 0 Å². The molecule has 0 heterocycles. The lowest BCUT2D eigenvalue weighted by atomic mass is 9.64. The number of rotatable bonds is 20. The second-order valence-corrected chi connectivity index (χ2v) is 10.9. The molecule has 0 amide bonds. The van der Waals surface area contributed by atoms with Gasteiger partial charge in [0, 0.05) is 0 Å². The van der Waals surface area contributed by atoms with Crippen molar-refractivity contribution in [3.05, 3.63) is 0 Å². The van der Waals surface area contributed by atoms with Crippen LogP contribution in [-0.2, 0) is 28.4 Å². The van der Waals surface area contributed by atoms with E-state index in [0.717, 1.165) is 5.92 Å². The van der Waals surface area contributed by atoms with E-state index in [0.29, 0.717) is 89.6 Å². The van der Waals surface area contributed by atoms with E-state index < -0.39 is 0 Å². The van der Waals surface area contributed by atoms with Crippen molar-refractivity contribution in [1.29, 1.82) is 0 Å². The molecule has 1 rings (SSSR count). The summed E-state index contributed by atoms with van der Waals surface area (Å²) < 4.78 is 33.0. The Bertz CT molecular complexity index is 442. The Hall–Kier alpha value is -0.280. The van der Waals surface area contributed by atoms with E-state index in [1.807, 2.05) is 0 Å². The van der Waals surface area contributed by atoms with Crippen molar-refractivity contribution in [3.8, 4) is 0 Å². The number of ether oxygens (including phenoxy) is 6. The van der Waals surface area contributed by atoms with Crippen LogP contribution in [-0.4, -0.2) is 90.5 Å². The Labute approximate surface area is 202 Å². The molecule has 1 N–H and O–H groups in total. The largest absolute Gasteiger partial charge is 0.394 e. The zero-order chi connectivity index (χ0) is 24.4. The molecule has 0 spiro atoms. The van der Waals surface area contributed by atoms with E-state index in [4.69, 9.17) is 33.5 Å². The molecule has 1 aliphatic rings. The van der Waals surface area contributed by atoms with E-state index in [-0.39, 0.29) is 6.61 Å². The first kappa shape index (κ1) is 30.8. The predicted molar refractivity (Wildman–Crippen MR) is 131 cm³/mol. The van der Waals surface area contributed by atoms with Gasteiger partial charge in [0.1, 0.15) is 0 Å². The van der Waals surface area contributed by atoms with E-state index >= 15 is 0 Å². The van der Waals surface area contributed by atoms with Gasteiger partial charge in [-0.25, -0.2) is 0 Å². The molecule has 0 unspecified atom stereocenters. The molecule has 0 radical (unpaired) electrons. The van der Waals surface area contributed by atoms with Gasteiger partial charge in [-0.1, -0.05) is 34.6 Å². The lowest BCUT2D eigenvalue weighted by molar-refractivity contribution is -0.0411. The quantitative estimate of drug-likeness (QED) is 0.265. The summed E-state index contributed by atoms with van der Waals surface area (Å²) in [5.41, 5.74) is 0.790. The van der Waals surface area contributed by atoms with Crippen molar-refractivity contribution in [3.63, 3.8) is 0 Å². The normalized spacial score (nSPS) is 19.8. The van der Waals surface area contributed by atoms with E-state index in [1.54, 1.807) is 0 Å². The Morgan fingerprint density at radius 2 is 0.970 bits per heavy atom. The Kier molecular flexibility index (Phi) is 16.8. The summed E-state index contributed by atoms with van der Waals surface area (Å²) >= 11 is 0. The first-order chi connectivity index (χ1) is 15.7. The molecule has 0 saturated heterocycles. The van der Waals surface area contributed by atoms with Crippen LogP contribution in [0.3, 0.4) is 0 Å². The van der Waals surface area contributed by atoms with Gasteiger partial charge in [0.15, 0.2) is 0 Å². The number of aliphatic hydroxyl groups excluding tert-OH is 1. The van der Waals surface area contributed by atoms with Crippen LogP contribution in [0.4, 0.5) is 0 Å². The third-order valence-corrected chi connectivity index (χ3v) is 6.07. The number of hydrogen-bond acceptors (Lipinski definition) is 7. The summed E-state index contributed by atoms with van der Waals surface area (Å²) in [5.74, 6) is 0.804. The molecule has 0 bridgehead atoms. The molecule has 1 saturated carbocycles. The highest BCUT2D eigenvalue weighted by Gasteiger charge is 2.36. The minimum atomic E-state index is 0.0413. The molecule has 1 fully saturated rings. The predicted octanol–water partition coefficient (Wildman–Crippen LogP) is 4.10. The fraction of sp³-hybridized carbons (Fsp3) is 1.00. The van der Waals surface area contributed by atoms with Crippen molar-refractivity contribution >= 4 is 0 Å². The lowest BCUT2D eigenvalue weighted by Crippen LogP contribution is -2.34. The van der Waals surface area contributed by atoms with Crippen LogP contribution >= 0.6 is 0 Å². The topological polar surface area (TPSA) is 75.6 Å². The minimum absolute atomic E-state index is 0.0413. The van der Waals surface area contributed by atoms with Crippen molar-refractivity contribution < 1.29 is 33.5 Å². The van der Waals surface area contributed by atoms with Crippen molar-refractivity contribution in [2.24, 2.45) is 16.7 Å². The molecule has 0 aliphatic heterocycles. The fourth-order valence-corrected chi connectivity index (χ4v) is 4.84. The molecule has 198 valence electrons. The first-order valence-corrected chi connectivity index (χ1v) is 12.9. The van der Waals surface area contributed by atoms with Crippen LogP contribution in [0.1, 0.15) is 66.7 Å². The third-order valence-electron chi connectivity index (χ3n) is 6.07. The zero-order valence-corrected chi connectivity index (χ0v) is 22.1. The van der Waals surface area contributed by atoms with Gasteiger partial charge in [-0.15, -0.1) is 0 Å². The van der Waals surface area contributed by atoms with Gasteiger partial charge >= 0.3 is 0 Å². The molecule has 0 aromatic rings. The fourth-order valence-electron chi connectivity index (χ4n) is 4.84. The highest BCUT2D eigenvalue weighted by atomic mass is 16.6. The van der Waals surface area contributed by atoms with Gasteiger partial charge in [0.25, 0.3) is 0 Å². The van der Waals surface area contributed by atoms with E-state index in [9.17, 15) is 0 Å². The monoisotopic (exact) mass is 476 g/mol. The Balaban J connectivity index is 1.86. The van der Waals surface area contributed by atoms with Gasteiger partial charge in [-0.3, -0.25) is 0 Å². The average molecular weight is 477 g/mol.